The number of anilines is 1. The molecule has 0 bridgehead atoms. The van der Waals surface area contributed by atoms with Crippen molar-refractivity contribution in [2.75, 3.05) is 12.4 Å². The zero-order valence-corrected chi connectivity index (χ0v) is 12.9. The molecular weight excluding hydrogens is 337 g/mol. The van der Waals surface area contributed by atoms with Crippen molar-refractivity contribution in [2.45, 2.75) is 0 Å². The summed E-state index contributed by atoms with van der Waals surface area (Å²) in [5.41, 5.74) is 1.38. The van der Waals surface area contributed by atoms with Crippen molar-refractivity contribution in [2.24, 2.45) is 0 Å². The van der Waals surface area contributed by atoms with Gasteiger partial charge in [-0.2, -0.15) is 0 Å². The molecule has 0 unspecified atom stereocenters. The summed E-state index contributed by atoms with van der Waals surface area (Å²) in [5.74, 6) is -0.556. The first-order valence-electron chi connectivity index (χ1n) is 6.16. The smallest absolute Gasteiger partial charge is 0.248 e. The molecule has 0 fully saturated rings. The number of carbonyl (C=O) groups excluding carboxylic acids is 1. The van der Waals surface area contributed by atoms with E-state index in [-0.39, 0.29) is 11.7 Å². The Bertz CT molecular complexity index is 668. The van der Waals surface area contributed by atoms with Crippen molar-refractivity contribution in [3.05, 3.63) is 64.4 Å². The van der Waals surface area contributed by atoms with E-state index in [1.165, 1.54) is 25.3 Å². The van der Waals surface area contributed by atoms with Crippen molar-refractivity contribution in [3.8, 4) is 5.75 Å². The van der Waals surface area contributed by atoms with Crippen LogP contribution in [-0.4, -0.2) is 13.0 Å². The van der Waals surface area contributed by atoms with Crippen molar-refractivity contribution in [1.29, 1.82) is 0 Å². The minimum atomic E-state index is -0.436. The Labute approximate surface area is 130 Å². The minimum absolute atomic E-state index is 0.144. The first kappa shape index (κ1) is 15.3. The van der Waals surface area contributed by atoms with Crippen LogP contribution in [0.3, 0.4) is 0 Å². The quantitative estimate of drug-likeness (QED) is 0.838. The molecule has 0 aliphatic heterocycles. The second kappa shape index (κ2) is 7.04. The maximum Gasteiger partial charge on any atom is 0.248 e. The van der Waals surface area contributed by atoms with Crippen LogP contribution in [0.2, 0.25) is 0 Å². The van der Waals surface area contributed by atoms with Crippen LogP contribution in [0.5, 0.6) is 5.75 Å². The third kappa shape index (κ3) is 4.43. The Morgan fingerprint density at radius 2 is 1.95 bits per heavy atom. The highest BCUT2D eigenvalue weighted by molar-refractivity contribution is 9.10. The van der Waals surface area contributed by atoms with Crippen LogP contribution < -0.4 is 10.1 Å². The van der Waals surface area contributed by atoms with Gasteiger partial charge in [0, 0.05) is 16.2 Å². The van der Waals surface area contributed by atoms with Crippen LogP contribution in [0, 0.1) is 5.82 Å². The van der Waals surface area contributed by atoms with E-state index in [9.17, 15) is 9.18 Å². The van der Waals surface area contributed by atoms with Gasteiger partial charge < -0.3 is 10.1 Å². The zero-order valence-electron chi connectivity index (χ0n) is 11.3. The maximum atomic E-state index is 13.3. The third-order valence-electron chi connectivity index (χ3n) is 2.71. The van der Waals surface area contributed by atoms with E-state index in [0.29, 0.717) is 11.3 Å². The summed E-state index contributed by atoms with van der Waals surface area (Å²) in [4.78, 5) is 11.8. The van der Waals surface area contributed by atoms with Crippen LogP contribution in [0.15, 0.2) is 53.0 Å². The second-order valence-corrected chi connectivity index (χ2v) is 5.14. The van der Waals surface area contributed by atoms with E-state index in [2.05, 4.69) is 21.2 Å². The Balaban J connectivity index is 2.03. The molecule has 0 spiro atoms. The largest absolute Gasteiger partial charge is 0.494 e. The standard InChI is InChI=1S/C16H13BrFNO2/c1-21-15-10-11(2-8-14(15)18)3-9-16(20)19-13-6-4-12(17)5-7-13/h2-10H,1H3,(H,19,20)/b9-3+. The van der Waals surface area contributed by atoms with Crippen LogP contribution in [-0.2, 0) is 4.79 Å². The minimum Gasteiger partial charge on any atom is -0.494 e. The third-order valence-corrected chi connectivity index (χ3v) is 3.24. The Hall–Kier alpha value is -2.14. The molecule has 0 radical (unpaired) electrons. The van der Waals surface area contributed by atoms with E-state index < -0.39 is 5.82 Å². The van der Waals surface area contributed by atoms with Crippen molar-refractivity contribution in [1.82, 2.24) is 0 Å². The highest BCUT2D eigenvalue weighted by atomic mass is 79.9. The van der Waals surface area contributed by atoms with Crippen molar-refractivity contribution >= 4 is 33.6 Å². The predicted octanol–water partition coefficient (Wildman–Crippen LogP) is 4.25. The van der Waals surface area contributed by atoms with Gasteiger partial charge in [-0.15, -0.1) is 0 Å². The zero-order chi connectivity index (χ0) is 15.2. The number of benzene rings is 2. The van der Waals surface area contributed by atoms with Crippen LogP contribution in [0.4, 0.5) is 10.1 Å². The monoisotopic (exact) mass is 349 g/mol. The fourth-order valence-electron chi connectivity index (χ4n) is 1.67. The normalized spacial score (nSPS) is 10.6. The molecule has 108 valence electrons. The average Bonchev–Trinajstić information content (AvgIpc) is 2.49. The highest BCUT2D eigenvalue weighted by Crippen LogP contribution is 2.19. The first-order valence-corrected chi connectivity index (χ1v) is 6.96. The van der Waals surface area contributed by atoms with E-state index in [0.717, 1.165) is 4.47 Å². The lowest BCUT2D eigenvalue weighted by Crippen LogP contribution is -2.07. The van der Waals surface area contributed by atoms with Gasteiger partial charge in [0.1, 0.15) is 0 Å². The number of carbonyl (C=O) groups is 1. The SMILES string of the molecule is COc1cc(/C=C/C(=O)Nc2ccc(Br)cc2)ccc1F. The predicted molar refractivity (Wildman–Crippen MR) is 84.8 cm³/mol. The number of nitrogens with one attached hydrogen (secondary N) is 1. The van der Waals surface area contributed by atoms with Crippen molar-refractivity contribution < 1.29 is 13.9 Å². The van der Waals surface area contributed by atoms with Gasteiger partial charge in [0.2, 0.25) is 5.91 Å². The fraction of sp³-hybridized carbons (Fsp3) is 0.0625. The van der Waals surface area contributed by atoms with E-state index in [4.69, 9.17) is 4.74 Å². The number of hydrogen-bond donors (Lipinski definition) is 1. The Morgan fingerprint density at radius 3 is 2.62 bits per heavy atom. The summed E-state index contributed by atoms with van der Waals surface area (Å²) in [7, 11) is 1.39. The molecule has 5 heteroatoms. The molecule has 0 heterocycles. The molecule has 21 heavy (non-hydrogen) atoms. The van der Waals surface area contributed by atoms with Gasteiger partial charge in [0.15, 0.2) is 11.6 Å². The number of hydrogen-bond acceptors (Lipinski definition) is 2. The van der Waals surface area contributed by atoms with Gasteiger partial charge in [-0.3, -0.25) is 4.79 Å². The summed E-state index contributed by atoms with van der Waals surface area (Å²) >= 11 is 3.32. The van der Waals surface area contributed by atoms with Crippen molar-refractivity contribution in [3.63, 3.8) is 0 Å². The lowest BCUT2D eigenvalue weighted by molar-refractivity contribution is -0.111. The van der Waals surface area contributed by atoms with Gasteiger partial charge in [0.25, 0.3) is 0 Å². The van der Waals surface area contributed by atoms with E-state index >= 15 is 0 Å². The lowest BCUT2D eigenvalue weighted by atomic mass is 10.2. The molecule has 0 saturated heterocycles. The van der Waals surface area contributed by atoms with E-state index in [1.807, 2.05) is 12.1 Å². The topological polar surface area (TPSA) is 38.3 Å². The molecule has 0 aliphatic rings. The summed E-state index contributed by atoms with van der Waals surface area (Å²) < 4.78 is 19.1. The average molecular weight is 350 g/mol. The Morgan fingerprint density at radius 1 is 1.24 bits per heavy atom. The lowest BCUT2D eigenvalue weighted by Gasteiger charge is -2.03. The number of ether oxygens (including phenoxy) is 1. The summed E-state index contributed by atoms with van der Waals surface area (Å²) in [6, 6.07) is 11.6. The number of amides is 1. The second-order valence-electron chi connectivity index (χ2n) is 4.22. The summed E-state index contributed by atoms with van der Waals surface area (Å²) in [6.45, 7) is 0. The number of halogens is 2. The van der Waals surface area contributed by atoms with Gasteiger partial charge in [-0.05, 0) is 48.0 Å². The van der Waals surface area contributed by atoms with E-state index in [1.54, 1.807) is 24.3 Å². The molecule has 0 saturated carbocycles. The number of methoxy groups -OCH3 is 1. The Kier molecular flexibility index (Phi) is 5.11. The highest BCUT2D eigenvalue weighted by Gasteiger charge is 2.02. The summed E-state index contributed by atoms with van der Waals surface area (Å²) in [5, 5.41) is 2.73. The molecule has 1 amide bonds. The molecule has 0 aliphatic carbocycles. The van der Waals surface area contributed by atoms with Crippen LogP contribution in [0.25, 0.3) is 6.08 Å². The molecule has 2 rings (SSSR count). The molecule has 2 aromatic carbocycles. The van der Waals surface area contributed by atoms with Crippen LogP contribution >= 0.6 is 15.9 Å². The number of rotatable bonds is 4. The fourth-order valence-corrected chi connectivity index (χ4v) is 1.93. The molecule has 0 atom stereocenters. The first-order chi connectivity index (χ1) is 10.1. The molecular formula is C16H13BrFNO2. The molecule has 2 aromatic rings. The summed E-state index contributed by atoms with van der Waals surface area (Å²) in [6.07, 6.45) is 2.98. The van der Waals surface area contributed by atoms with Crippen LogP contribution in [0.1, 0.15) is 5.56 Å². The molecule has 1 N–H and O–H groups in total. The van der Waals surface area contributed by atoms with Gasteiger partial charge >= 0.3 is 0 Å². The molecule has 3 nitrogen and oxygen atoms in total. The molecule has 0 aromatic heterocycles. The van der Waals surface area contributed by atoms with Gasteiger partial charge in [-0.25, -0.2) is 4.39 Å². The maximum absolute atomic E-state index is 13.3. The van der Waals surface area contributed by atoms with Gasteiger partial charge in [-0.1, -0.05) is 22.0 Å². The van der Waals surface area contributed by atoms with Gasteiger partial charge in [0.05, 0.1) is 7.11 Å².